The summed E-state index contributed by atoms with van der Waals surface area (Å²) in [5.74, 6) is 0.901. The Kier molecular flexibility index (Phi) is 2.41. The molecule has 0 spiro atoms. The summed E-state index contributed by atoms with van der Waals surface area (Å²) in [6, 6.07) is 12.0. The molecule has 20 heavy (non-hydrogen) atoms. The quantitative estimate of drug-likeness (QED) is 0.851. The van der Waals surface area contributed by atoms with Gasteiger partial charge in [0.1, 0.15) is 5.84 Å². The minimum Gasteiger partial charge on any atom is -0.366 e. The van der Waals surface area contributed by atoms with E-state index >= 15 is 0 Å². The van der Waals surface area contributed by atoms with Crippen LogP contribution in [0.1, 0.15) is 16.7 Å². The Bertz CT molecular complexity index is 683. The first-order valence-electron chi connectivity index (χ1n) is 6.82. The minimum atomic E-state index is -1.04. The van der Waals surface area contributed by atoms with Crippen molar-refractivity contribution in [2.75, 3.05) is 13.1 Å². The Morgan fingerprint density at radius 2 is 2.05 bits per heavy atom. The van der Waals surface area contributed by atoms with E-state index in [1.165, 1.54) is 0 Å². The molecule has 4 rings (SSSR count). The van der Waals surface area contributed by atoms with Crippen LogP contribution in [0.3, 0.4) is 0 Å². The lowest BCUT2D eigenvalue weighted by molar-refractivity contribution is -0.0747. The number of benzene rings is 1. The molecule has 0 saturated heterocycles. The van der Waals surface area contributed by atoms with Gasteiger partial charge >= 0.3 is 0 Å². The number of aliphatic hydroxyl groups is 1. The molecule has 1 aromatic heterocycles. The van der Waals surface area contributed by atoms with Crippen LogP contribution in [0.5, 0.6) is 0 Å². The first-order valence-corrected chi connectivity index (χ1v) is 6.82. The van der Waals surface area contributed by atoms with Gasteiger partial charge < -0.3 is 10.0 Å². The molecule has 2 aliphatic rings. The van der Waals surface area contributed by atoms with Crippen molar-refractivity contribution in [2.45, 2.75) is 12.1 Å². The summed E-state index contributed by atoms with van der Waals surface area (Å²) in [5.41, 5.74) is 2.05. The predicted octanol–water partition coefficient (Wildman–Crippen LogP) is 1.55. The molecule has 4 nitrogen and oxygen atoms in total. The zero-order valence-electron chi connectivity index (χ0n) is 11.0. The van der Waals surface area contributed by atoms with E-state index in [1.807, 2.05) is 29.2 Å². The van der Waals surface area contributed by atoms with Crippen molar-refractivity contribution in [3.05, 3.63) is 65.5 Å². The molecular formula is C16H15N3O. The van der Waals surface area contributed by atoms with Crippen molar-refractivity contribution >= 4 is 5.84 Å². The van der Waals surface area contributed by atoms with E-state index in [1.54, 1.807) is 12.4 Å². The lowest BCUT2D eigenvalue weighted by atomic mass is 9.87. The van der Waals surface area contributed by atoms with Gasteiger partial charge in [-0.1, -0.05) is 30.3 Å². The summed E-state index contributed by atoms with van der Waals surface area (Å²) in [6.07, 6.45) is 4.03. The van der Waals surface area contributed by atoms with Gasteiger partial charge in [0.15, 0.2) is 5.72 Å². The van der Waals surface area contributed by atoms with E-state index in [-0.39, 0.29) is 0 Å². The van der Waals surface area contributed by atoms with Gasteiger partial charge in [0.25, 0.3) is 0 Å². The topological polar surface area (TPSA) is 48.7 Å². The lowest BCUT2D eigenvalue weighted by Gasteiger charge is -2.43. The Morgan fingerprint density at radius 3 is 2.90 bits per heavy atom. The second-order valence-corrected chi connectivity index (χ2v) is 5.25. The third-order valence-corrected chi connectivity index (χ3v) is 4.11. The largest absolute Gasteiger partial charge is 0.366 e. The molecule has 1 N–H and O–H groups in total. The highest BCUT2D eigenvalue weighted by molar-refractivity contribution is 6.02. The van der Waals surface area contributed by atoms with Crippen LogP contribution in [-0.2, 0) is 12.1 Å². The molecule has 0 radical (unpaired) electrons. The molecule has 0 fully saturated rings. The fraction of sp³-hybridized carbons (Fsp3) is 0.250. The van der Waals surface area contributed by atoms with Gasteiger partial charge in [-0.2, -0.15) is 0 Å². The number of aliphatic imine (C=N–C) groups is 1. The zero-order chi connectivity index (χ0) is 13.6. The number of amidine groups is 1. The van der Waals surface area contributed by atoms with Gasteiger partial charge in [-0.3, -0.25) is 9.98 Å². The van der Waals surface area contributed by atoms with Crippen LogP contribution in [0.25, 0.3) is 0 Å². The zero-order valence-corrected chi connectivity index (χ0v) is 11.0. The van der Waals surface area contributed by atoms with Crippen molar-refractivity contribution in [3.8, 4) is 0 Å². The van der Waals surface area contributed by atoms with Gasteiger partial charge in [-0.25, -0.2) is 0 Å². The Labute approximate surface area is 117 Å². The number of pyridine rings is 1. The number of nitrogens with zero attached hydrogens (tertiary/aromatic N) is 3. The summed E-state index contributed by atoms with van der Waals surface area (Å²) in [5, 5.41) is 11.3. The Balaban J connectivity index is 1.90. The van der Waals surface area contributed by atoms with E-state index in [2.05, 4.69) is 22.1 Å². The highest BCUT2D eigenvalue weighted by Crippen LogP contribution is 2.38. The predicted molar refractivity (Wildman–Crippen MR) is 76.4 cm³/mol. The minimum absolute atomic E-state index is 0.563. The molecule has 0 saturated carbocycles. The molecule has 2 aliphatic heterocycles. The summed E-state index contributed by atoms with van der Waals surface area (Å²) in [4.78, 5) is 10.7. The highest BCUT2D eigenvalue weighted by Gasteiger charge is 2.44. The Morgan fingerprint density at radius 1 is 1.15 bits per heavy atom. The summed E-state index contributed by atoms with van der Waals surface area (Å²) in [6.45, 7) is 1.47. The van der Waals surface area contributed by atoms with E-state index in [4.69, 9.17) is 0 Å². The van der Waals surface area contributed by atoms with Gasteiger partial charge in [-0.05, 0) is 11.6 Å². The summed E-state index contributed by atoms with van der Waals surface area (Å²) < 4.78 is 0. The molecule has 1 atom stereocenters. The average Bonchev–Trinajstić information content (AvgIpc) is 2.99. The van der Waals surface area contributed by atoms with Crippen LogP contribution in [0.15, 0.2) is 53.8 Å². The maximum Gasteiger partial charge on any atom is 0.171 e. The second kappa shape index (κ2) is 4.15. The molecule has 0 unspecified atom stereocenters. The van der Waals surface area contributed by atoms with E-state index < -0.39 is 5.72 Å². The van der Waals surface area contributed by atoms with Crippen LogP contribution in [0.4, 0.5) is 0 Å². The molecule has 0 aliphatic carbocycles. The maximum atomic E-state index is 11.3. The first-order chi connectivity index (χ1) is 9.79. The van der Waals surface area contributed by atoms with Crippen molar-refractivity contribution < 1.29 is 5.11 Å². The number of hydrogen-bond acceptors (Lipinski definition) is 4. The molecule has 100 valence electrons. The molecule has 1 aromatic carbocycles. The number of fused-ring (bicyclic) bond motifs is 3. The van der Waals surface area contributed by atoms with E-state index in [0.717, 1.165) is 35.6 Å². The molecule has 3 heterocycles. The van der Waals surface area contributed by atoms with Gasteiger partial charge in [-0.15, -0.1) is 0 Å². The SMILES string of the molecule is O[C@@]1(c2cccnc2)Cc2ccccc2C2=NCCN21. The summed E-state index contributed by atoms with van der Waals surface area (Å²) in [7, 11) is 0. The van der Waals surface area contributed by atoms with Crippen molar-refractivity contribution in [2.24, 2.45) is 4.99 Å². The van der Waals surface area contributed by atoms with Crippen LogP contribution in [0.2, 0.25) is 0 Å². The third-order valence-electron chi connectivity index (χ3n) is 4.11. The maximum absolute atomic E-state index is 11.3. The third kappa shape index (κ3) is 1.51. The highest BCUT2D eigenvalue weighted by atomic mass is 16.3. The second-order valence-electron chi connectivity index (χ2n) is 5.25. The standard InChI is InChI=1S/C16H15N3O/c20-16(13-5-3-7-17-11-13)10-12-4-1-2-6-14(12)15-18-8-9-19(15)16/h1-7,11,20H,8-10H2/t16-/m1/s1. The Hall–Kier alpha value is -2.20. The molecule has 0 amide bonds. The molecule has 4 heteroatoms. The van der Waals surface area contributed by atoms with E-state index in [9.17, 15) is 5.11 Å². The molecule has 0 bridgehead atoms. The lowest BCUT2D eigenvalue weighted by Crippen LogP contribution is -2.53. The number of hydrogen-bond donors (Lipinski definition) is 1. The van der Waals surface area contributed by atoms with Gasteiger partial charge in [0.2, 0.25) is 0 Å². The van der Waals surface area contributed by atoms with Crippen LogP contribution in [-0.4, -0.2) is 33.9 Å². The molecular weight excluding hydrogens is 250 g/mol. The fourth-order valence-electron chi connectivity index (χ4n) is 3.15. The van der Waals surface area contributed by atoms with Crippen LogP contribution < -0.4 is 0 Å². The van der Waals surface area contributed by atoms with Gasteiger partial charge in [0, 0.05) is 36.5 Å². The van der Waals surface area contributed by atoms with Gasteiger partial charge in [0.05, 0.1) is 6.54 Å². The first kappa shape index (κ1) is 11.6. The van der Waals surface area contributed by atoms with Crippen LogP contribution in [0, 0.1) is 0 Å². The summed E-state index contributed by atoms with van der Waals surface area (Å²) >= 11 is 0. The smallest absolute Gasteiger partial charge is 0.171 e. The normalized spacial score (nSPS) is 24.1. The average molecular weight is 265 g/mol. The van der Waals surface area contributed by atoms with Crippen molar-refractivity contribution in [1.29, 1.82) is 0 Å². The van der Waals surface area contributed by atoms with Crippen molar-refractivity contribution in [1.82, 2.24) is 9.88 Å². The number of aromatic nitrogens is 1. The van der Waals surface area contributed by atoms with Crippen LogP contribution >= 0.6 is 0 Å². The fourth-order valence-corrected chi connectivity index (χ4v) is 3.15. The van der Waals surface area contributed by atoms with Crippen molar-refractivity contribution in [3.63, 3.8) is 0 Å². The number of rotatable bonds is 1. The molecule has 2 aromatic rings. The monoisotopic (exact) mass is 265 g/mol. The van der Waals surface area contributed by atoms with E-state index in [0.29, 0.717) is 6.42 Å².